The Morgan fingerprint density at radius 2 is 2.11 bits per heavy atom. The topological polar surface area (TPSA) is 85.3 Å². The lowest BCUT2D eigenvalue weighted by Gasteiger charge is -2.02. The van der Waals surface area contributed by atoms with Crippen LogP contribution in [0.4, 0.5) is 0 Å². The molecule has 0 bridgehead atoms. The number of nitrogens with one attached hydrogen (secondary N) is 1. The Morgan fingerprint density at radius 3 is 2.74 bits per heavy atom. The molecule has 2 rings (SSSR count). The Morgan fingerprint density at radius 1 is 1.32 bits per heavy atom. The number of thiophene rings is 1. The fourth-order valence-electron chi connectivity index (χ4n) is 1.60. The van der Waals surface area contributed by atoms with Crippen LogP contribution in [0, 0.1) is 6.92 Å². The molecule has 19 heavy (non-hydrogen) atoms. The summed E-state index contributed by atoms with van der Waals surface area (Å²) in [5.41, 5.74) is 5.45. The molecule has 7 heteroatoms. The van der Waals surface area contributed by atoms with Crippen molar-refractivity contribution in [3.63, 3.8) is 0 Å². The van der Waals surface area contributed by atoms with Crippen LogP contribution >= 0.6 is 11.3 Å². The van der Waals surface area contributed by atoms with Gasteiger partial charge in [0.1, 0.15) is 15.7 Å². The number of furan rings is 1. The van der Waals surface area contributed by atoms with Gasteiger partial charge < -0.3 is 10.2 Å². The van der Waals surface area contributed by atoms with Crippen LogP contribution in [0.3, 0.4) is 0 Å². The first-order valence-corrected chi connectivity index (χ1v) is 8.15. The monoisotopic (exact) mass is 300 g/mol. The highest BCUT2D eigenvalue weighted by molar-refractivity contribution is 7.91. The molecule has 104 valence electrons. The van der Waals surface area contributed by atoms with E-state index in [0.717, 1.165) is 10.6 Å². The molecule has 0 aliphatic heterocycles. The van der Waals surface area contributed by atoms with Crippen LogP contribution in [0.5, 0.6) is 0 Å². The van der Waals surface area contributed by atoms with E-state index in [2.05, 4.69) is 4.72 Å². The molecule has 0 aliphatic rings. The minimum Gasteiger partial charge on any atom is -0.465 e. The second-order valence-electron chi connectivity index (χ2n) is 4.10. The van der Waals surface area contributed by atoms with E-state index in [9.17, 15) is 8.42 Å². The van der Waals surface area contributed by atoms with Gasteiger partial charge in [-0.2, -0.15) is 0 Å². The van der Waals surface area contributed by atoms with Crippen LogP contribution in [0.15, 0.2) is 32.9 Å². The average molecular weight is 300 g/mol. The normalized spacial score (nSPS) is 11.9. The Kier molecular flexibility index (Phi) is 4.41. The molecule has 2 aromatic heterocycles. The van der Waals surface area contributed by atoms with E-state index >= 15 is 0 Å². The van der Waals surface area contributed by atoms with E-state index in [1.54, 1.807) is 24.3 Å². The smallest absolute Gasteiger partial charge is 0.250 e. The molecule has 0 amide bonds. The van der Waals surface area contributed by atoms with E-state index in [1.807, 2.05) is 6.92 Å². The zero-order valence-electron chi connectivity index (χ0n) is 10.5. The Labute approximate surface area is 116 Å². The number of hydrogen-bond acceptors (Lipinski definition) is 5. The Hall–Kier alpha value is -1.15. The summed E-state index contributed by atoms with van der Waals surface area (Å²) in [4.78, 5) is 0.969. The predicted molar refractivity (Wildman–Crippen MR) is 74.5 cm³/mol. The molecule has 3 N–H and O–H groups in total. The largest absolute Gasteiger partial charge is 0.465 e. The van der Waals surface area contributed by atoms with Crippen molar-refractivity contribution in [1.29, 1.82) is 0 Å². The first-order chi connectivity index (χ1) is 9.01. The SMILES string of the molecule is Cc1ccc(CNS(=O)(=O)c2ccc(CCN)s2)o1. The van der Waals surface area contributed by atoms with E-state index in [1.165, 1.54) is 11.3 Å². The van der Waals surface area contributed by atoms with E-state index < -0.39 is 10.0 Å². The fourth-order valence-corrected chi connectivity index (χ4v) is 4.01. The standard InChI is InChI=1S/C12H16N2O3S2/c1-9-2-3-10(17-9)8-14-19(15,16)12-5-4-11(18-12)6-7-13/h2-5,14H,6-8,13H2,1H3. The molecule has 0 unspecified atom stereocenters. The van der Waals surface area contributed by atoms with Gasteiger partial charge in [0.05, 0.1) is 6.54 Å². The van der Waals surface area contributed by atoms with Crippen molar-refractivity contribution in [3.8, 4) is 0 Å². The second kappa shape index (κ2) is 5.87. The molecule has 0 atom stereocenters. The molecule has 0 saturated carbocycles. The number of nitrogens with two attached hydrogens (primary N) is 1. The van der Waals surface area contributed by atoms with Crippen LogP contribution in [0.2, 0.25) is 0 Å². The van der Waals surface area contributed by atoms with Crippen LogP contribution in [-0.2, 0) is 23.0 Å². The van der Waals surface area contributed by atoms with Crippen molar-refractivity contribution in [2.75, 3.05) is 6.54 Å². The zero-order chi connectivity index (χ0) is 13.9. The van der Waals surface area contributed by atoms with Gasteiger partial charge in [-0.15, -0.1) is 11.3 Å². The van der Waals surface area contributed by atoms with Gasteiger partial charge >= 0.3 is 0 Å². The molecule has 0 fully saturated rings. The van der Waals surface area contributed by atoms with Gasteiger partial charge in [0, 0.05) is 4.88 Å². The minimum atomic E-state index is -3.48. The molecule has 0 aromatic carbocycles. The number of rotatable bonds is 6. The summed E-state index contributed by atoms with van der Waals surface area (Å²) >= 11 is 1.24. The quantitative estimate of drug-likeness (QED) is 0.849. The molecular weight excluding hydrogens is 284 g/mol. The molecule has 0 aliphatic carbocycles. The fraction of sp³-hybridized carbons (Fsp3) is 0.333. The van der Waals surface area contributed by atoms with Crippen molar-refractivity contribution in [3.05, 3.63) is 40.7 Å². The summed E-state index contributed by atoms with van der Waals surface area (Å²) in [5, 5.41) is 0. The second-order valence-corrected chi connectivity index (χ2v) is 7.26. The van der Waals surface area contributed by atoms with Gasteiger partial charge in [0.2, 0.25) is 10.0 Å². The number of hydrogen-bond donors (Lipinski definition) is 2. The molecule has 0 radical (unpaired) electrons. The summed E-state index contributed by atoms with van der Waals surface area (Å²) in [6, 6.07) is 6.95. The summed E-state index contributed by atoms with van der Waals surface area (Å²) in [5.74, 6) is 1.36. The van der Waals surface area contributed by atoms with Crippen LogP contribution in [-0.4, -0.2) is 15.0 Å². The molecular formula is C12H16N2O3S2. The average Bonchev–Trinajstić information content (AvgIpc) is 2.97. The number of aryl methyl sites for hydroxylation is 1. The van der Waals surface area contributed by atoms with E-state index in [-0.39, 0.29) is 6.54 Å². The number of sulfonamides is 1. The van der Waals surface area contributed by atoms with Crippen LogP contribution < -0.4 is 10.5 Å². The van der Waals surface area contributed by atoms with Crippen molar-refractivity contribution < 1.29 is 12.8 Å². The highest BCUT2D eigenvalue weighted by Crippen LogP contribution is 2.22. The Bertz CT molecular complexity index is 643. The lowest BCUT2D eigenvalue weighted by atomic mass is 10.3. The summed E-state index contributed by atoms with van der Waals surface area (Å²) in [7, 11) is -3.48. The van der Waals surface area contributed by atoms with Gasteiger partial charge in [-0.3, -0.25) is 0 Å². The van der Waals surface area contributed by atoms with Gasteiger partial charge in [-0.05, 0) is 44.2 Å². The van der Waals surface area contributed by atoms with Gasteiger partial charge in [-0.1, -0.05) is 0 Å². The van der Waals surface area contributed by atoms with Crippen molar-refractivity contribution >= 4 is 21.4 Å². The van der Waals surface area contributed by atoms with Crippen molar-refractivity contribution in [1.82, 2.24) is 4.72 Å². The molecule has 2 heterocycles. The lowest BCUT2D eigenvalue weighted by Crippen LogP contribution is -2.22. The van der Waals surface area contributed by atoms with Gasteiger partial charge in [0.15, 0.2) is 0 Å². The van der Waals surface area contributed by atoms with Crippen molar-refractivity contribution in [2.45, 2.75) is 24.1 Å². The lowest BCUT2D eigenvalue weighted by molar-refractivity contribution is 0.475. The highest BCUT2D eigenvalue weighted by Gasteiger charge is 2.17. The summed E-state index contributed by atoms with van der Waals surface area (Å²) < 4.78 is 32.3. The highest BCUT2D eigenvalue weighted by atomic mass is 32.2. The van der Waals surface area contributed by atoms with Crippen LogP contribution in [0.1, 0.15) is 16.4 Å². The first-order valence-electron chi connectivity index (χ1n) is 5.85. The molecule has 0 saturated heterocycles. The third kappa shape index (κ3) is 3.66. The van der Waals surface area contributed by atoms with Gasteiger partial charge in [0.25, 0.3) is 0 Å². The van der Waals surface area contributed by atoms with Crippen LogP contribution in [0.25, 0.3) is 0 Å². The summed E-state index contributed by atoms with van der Waals surface area (Å²) in [6.45, 7) is 2.48. The minimum absolute atomic E-state index is 0.153. The van der Waals surface area contributed by atoms with Crippen molar-refractivity contribution in [2.24, 2.45) is 5.73 Å². The Balaban J connectivity index is 2.04. The van der Waals surface area contributed by atoms with Gasteiger partial charge in [-0.25, -0.2) is 13.1 Å². The summed E-state index contributed by atoms with van der Waals surface area (Å²) in [6.07, 6.45) is 0.692. The molecule has 0 spiro atoms. The molecule has 5 nitrogen and oxygen atoms in total. The third-order valence-corrected chi connectivity index (χ3v) is 5.56. The van der Waals surface area contributed by atoms with E-state index in [4.69, 9.17) is 10.2 Å². The van der Waals surface area contributed by atoms with E-state index in [0.29, 0.717) is 22.9 Å². The first kappa shape index (κ1) is 14.3. The molecule has 2 aromatic rings. The maximum atomic E-state index is 12.1. The predicted octanol–water partition coefficient (Wildman–Crippen LogP) is 1.63. The zero-order valence-corrected chi connectivity index (χ0v) is 12.2. The maximum absolute atomic E-state index is 12.1. The third-order valence-electron chi connectivity index (χ3n) is 2.53. The maximum Gasteiger partial charge on any atom is 0.250 e.